The molecule has 246 valence electrons. The van der Waals surface area contributed by atoms with Gasteiger partial charge < -0.3 is 24.6 Å². The summed E-state index contributed by atoms with van der Waals surface area (Å²) in [6.07, 6.45) is 5.89. The van der Waals surface area contributed by atoms with Gasteiger partial charge in [-0.2, -0.15) is 10.2 Å². The Bertz CT molecular complexity index is 1410. The maximum atomic E-state index is 13.1. The number of rotatable bonds is 9. The Balaban J connectivity index is 1.66. The summed E-state index contributed by atoms with van der Waals surface area (Å²) in [6, 6.07) is 9.68. The van der Waals surface area contributed by atoms with E-state index in [1.54, 1.807) is 30.1 Å². The van der Waals surface area contributed by atoms with E-state index < -0.39 is 23.4 Å². The molecular weight excluding hydrogens is 570 g/mol. The lowest BCUT2D eigenvalue weighted by atomic mass is 9.77. The topological polar surface area (TPSA) is 118 Å². The van der Waals surface area contributed by atoms with Crippen LogP contribution in [0.3, 0.4) is 0 Å². The summed E-state index contributed by atoms with van der Waals surface area (Å²) >= 11 is 0. The highest BCUT2D eigenvalue weighted by Gasteiger charge is 2.33. The van der Waals surface area contributed by atoms with Crippen molar-refractivity contribution in [3.8, 4) is 0 Å². The predicted molar refractivity (Wildman–Crippen MR) is 176 cm³/mol. The summed E-state index contributed by atoms with van der Waals surface area (Å²) in [5, 5.41) is 16.1. The van der Waals surface area contributed by atoms with Crippen molar-refractivity contribution >= 4 is 23.7 Å². The first-order valence-electron chi connectivity index (χ1n) is 15.7. The van der Waals surface area contributed by atoms with Crippen molar-refractivity contribution in [3.05, 3.63) is 59.5 Å². The molecule has 45 heavy (non-hydrogen) atoms. The molecule has 2 heterocycles. The quantitative estimate of drug-likeness (QED) is 0.270. The number of nitrogens with zero attached hydrogens (tertiary/aromatic N) is 5. The fourth-order valence-corrected chi connectivity index (χ4v) is 5.72. The van der Waals surface area contributed by atoms with Gasteiger partial charge in [0.05, 0.1) is 17.9 Å². The Hall–Kier alpha value is -4.02. The van der Waals surface area contributed by atoms with Crippen molar-refractivity contribution in [2.24, 2.45) is 11.3 Å². The number of ether oxygens (including phenoxy) is 2. The Labute approximate surface area is 267 Å². The first-order chi connectivity index (χ1) is 20.9. The molecule has 0 bridgehead atoms. The van der Waals surface area contributed by atoms with Crippen LogP contribution < -0.4 is 5.32 Å². The van der Waals surface area contributed by atoms with Gasteiger partial charge in [-0.1, -0.05) is 44.2 Å². The minimum Gasteiger partial charge on any atom is -0.444 e. The molecule has 3 aromatic rings. The number of nitrogens with one attached hydrogen (secondary N) is 2. The molecule has 2 amide bonds. The van der Waals surface area contributed by atoms with Crippen LogP contribution in [0.25, 0.3) is 0 Å². The minimum absolute atomic E-state index is 0.249. The van der Waals surface area contributed by atoms with E-state index >= 15 is 0 Å². The van der Waals surface area contributed by atoms with Crippen molar-refractivity contribution in [1.29, 1.82) is 0 Å². The highest BCUT2D eigenvalue weighted by Crippen LogP contribution is 2.37. The molecule has 0 fully saturated rings. The van der Waals surface area contributed by atoms with E-state index in [-0.39, 0.29) is 17.4 Å². The van der Waals surface area contributed by atoms with Gasteiger partial charge >= 0.3 is 12.2 Å². The molecule has 2 N–H and O–H groups in total. The van der Waals surface area contributed by atoms with Crippen molar-refractivity contribution < 1.29 is 19.1 Å². The molecule has 2 aromatic heterocycles. The smallest absolute Gasteiger partial charge is 0.410 e. The number of hydrogen-bond acceptors (Lipinski definition) is 7. The second kappa shape index (κ2) is 13.1. The lowest BCUT2D eigenvalue weighted by Crippen LogP contribution is -2.45. The van der Waals surface area contributed by atoms with Crippen LogP contribution in [0, 0.1) is 11.3 Å². The van der Waals surface area contributed by atoms with Gasteiger partial charge in [0, 0.05) is 50.6 Å². The fourth-order valence-electron chi connectivity index (χ4n) is 5.72. The highest BCUT2D eigenvalue weighted by molar-refractivity contribution is 5.68. The van der Waals surface area contributed by atoms with Crippen LogP contribution in [0.2, 0.25) is 0 Å². The number of benzene rings is 1. The van der Waals surface area contributed by atoms with Crippen LogP contribution in [-0.4, -0.2) is 80.4 Å². The molecule has 0 radical (unpaired) electrons. The third-order valence-corrected chi connectivity index (χ3v) is 7.82. The summed E-state index contributed by atoms with van der Waals surface area (Å²) in [5.41, 5.74) is 3.16. The summed E-state index contributed by atoms with van der Waals surface area (Å²) < 4.78 is 13.2. The zero-order valence-electron chi connectivity index (χ0n) is 28.6. The number of carbonyl (C=O) groups excluding carboxylic acids is 2. The zero-order valence-corrected chi connectivity index (χ0v) is 28.6. The molecule has 1 atom stereocenters. The highest BCUT2D eigenvalue weighted by atomic mass is 16.6. The van der Waals surface area contributed by atoms with E-state index in [0.29, 0.717) is 13.1 Å². The Morgan fingerprint density at radius 2 is 1.58 bits per heavy atom. The predicted octanol–water partition coefficient (Wildman–Crippen LogP) is 6.80. The van der Waals surface area contributed by atoms with E-state index in [9.17, 15) is 9.59 Å². The Morgan fingerprint density at radius 1 is 1.00 bits per heavy atom. The lowest BCUT2D eigenvalue weighted by Gasteiger charge is -2.35. The Kier molecular flexibility index (Phi) is 9.89. The molecular formula is C34H51N7O4. The second-order valence-electron chi connectivity index (χ2n) is 15.0. The monoisotopic (exact) mass is 621 g/mol. The van der Waals surface area contributed by atoms with E-state index in [1.165, 1.54) is 11.3 Å². The molecule has 11 nitrogen and oxygen atoms in total. The number of aromatic nitrogens is 4. The van der Waals surface area contributed by atoms with E-state index in [2.05, 4.69) is 29.4 Å². The van der Waals surface area contributed by atoms with E-state index in [1.807, 2.05) is 82.8 Å². The first kappa shape index (κ1) is 33.9. The normalized spacial score (nSPS) is 15.3. The number of aromatic amines is 1. The number of H-pyrrole nitrogens is 1. The van der Waals surface area contributed by atoms with Crippen LogP contribution in [0.1, 0.15) is 84.7 Å². The third kappa shape index (κ3) is 9.25. The zero-order chi connectivity index (χ0) is 33.2. The van der Waals surface area contributed by atoms with E-state index in [4.69, 9.17) is 14.6 Å². The molecule has 1 unspecified atom stereocenters. The number of amides is 2. The van der Waals surface area contributed by atoms with Crippen LogP contribution >= 0.6 is 0 Å². The Morgan fingerprint density at radius 3 is 2.13 bits per heavy atom. The van der Waals surface area contributed by atoms with Gasteiger partial charge in [0.15, 0.2) is 5.82 Å². The number of anilines is 2. The van der Waals surface area contributed by atoms with Crippen LogP contribution in [0.5, 0.6) is 0 Å². The van der Waals surface area contributed by atoms with Crippen molar-refractivity contribution in [2.75, 3.05) is 32.5 Å². The summed E-state index contributed by atoms with van der Waals surface area (Å²) in [5.74, 6) is 0.540. The molecule has 11 heteroatoms. The number of hydrogen-bond donors (Lipinski definition) is 2. The number of carbonyl (C=O) groups is 2. The fraction of sp³-hybridized carbons (Fsp3) is 0.588. The van der Waals surface area contributed by atoms with Crippen molar-refractivity contribution in [2.45, 2.75) is 91.9 Å². The van der Waals surface area contributed by atoms with Crippen molar-refractivity contribution in [3.63, 3.8) is 0 Å². The van der Waals surface area contributed by atoms with Gasteiger partial charge in [-0.3, -0.25) is 9.78 Å². The molecule has 1 aliphatic rings. The van der Waals surface area contributed by atoms with Gasteiger partial charge in [0.2, 0.25) is 0 Å². The minimum atomic E-state index is -0.642. The average molecular weight is 622 g/mol. The molecule has 0 saturated carbocycles. The molecule has 0 saturated heterocycles. The maximum absolute atomic E-state index is 13.1. The molecule has 4 rings (SSSR count). The summed E-state index contributed by atoms with van der Waals surface area (Å²) in [6.45, 7) is 16.2. The average Bonchev–Trinajstić information content (AvgIpc) is 3.53. The molecule has 1 aromatic carbocycles. The third-order valence-electron chi connectivity index (χ3n) is 7.82. The van der Waals surface area contributed by atoms with Crippen LogP contribution in [0.15, 0.2) is 42.7 Å². The largest absolute Gasteiger partial charge is 0.444 e. The van der Waals surface area contributed by atoms with Gasteiger partial charge in [0.25, 0.3) is 0 Å². The molecule has 0 aliphatic heterocycles. The van der Waals surface area contributed by atoms with Gasteiger partial charge in [0.1, 0.15) is 11.2 Å². The first-order valence-corrected chi connectivity index (χ1v) is 15.7. The maximum Gasteiger partial charge on any atom is 0.410 e. The lowest BCUT2D eigenvalue weighted by molar-refractivity contribution is 0.0188. The number of fused-ring (bicyclic) bond motifs is 1. The SMILES string of the molecule is CN(CC(CN(C)C(=O)OC(C)(C)C)C(c1ccccc1)n1cc(Nc2n[nH]c3c2CCC(C)(C)C3)cn1)C(=O)OC(C)(C)C. The summed E-state index contributed by atoms with van der Waals surface area (Å²) in [4.78, 5) is 29.3. The summed E-state index contributed by atoms with van der Waals surface area (Å²) in [7, 11) is 3.43. The molecule has 0 spiro atoms. The standard InChI is InChI=1S/C34H51N7O4/c1-32(2,3)44-30(42)39(9)20-24(21-40(10)31(43)45-33(4,5)6)28(23-14-12-11-13-15-23)41-22-25(19-35-41)36-29-26-16-17-34(7,8)18-27(26)37-38-29/h11-15,19,22,24,28H,16-18,20-21H2,1-10H3,(H2,36,37,38). The second-order valence-corrected chi connectivity index (χ2v) is 15.0. The van der Waals surface area contributed by atoms with Gasteiger partial charge in [-0.15, -0.1) is 0 Å². The van der Waals surface area contributed by atoms with Crippen molar-refractivity contribution in [1.82, 2.24) is 29.8 Å². The van der Waals surface area contributed by atoms with Crippen LogP contribution in [0.4, 0.5) is 21.1 Å². The van der Waals surface area contributed by atoms with Gasteiger partial charge in [-0.25, -0.2) is 9.59 Å². The molecule has 1 aliphatic carbocycles. The van der Waals surface area contributed by atoms with Crippen LogP contribution in [-0.2, 0) is 22.3 Å². The van der Waals surface area contributed by atoms with Gasteiger partial charge in [-0.05, 0) is 71.8 Å². The van der Waals surface area contributed by atoms with E-state index in [0.717, 1.165) is 36.3 Å².